The lowest BCUT2D eigenvalue weighted by molar-refractivity contribution is 0.0951. The van der Waals surface area contributed by atoms with E-state index < -0.39 is 0 Å². The zero-order valence-electron chi connectivity index (χ0n) is 16.7. The summed E-state index contributed by atoms with van der Waals surface area (Å²) in [4.78, 5) is 21.2. The van der Waals surface area contributed by atoms with Crippen LogP contribution in [-0.4, -0.2) is 15.9 Å². The van der Waals surface area contributed by atoms with E-state index in [9.17, 15) is 4.79 Å². The van der Waals surface area contributed by atoms with Crippen molar-refractivity contribution in [3.63, 3.8) is 0 Å². The van der Waals surface area contributed by atoms with Gasteiger partial charge in [0.2, 0.25) is 0 Å². The molecule has 4 aromatic rings. The molecule has 2 N–H and O–H groups in total. The lowest BCUT2D eigenvalue weighted by Gasteiger charge is -2.10. The molecule has 0 aliphatic heterocycles. The first-order valence-corrected chi connectivity index (χ1v) is 9.76. The van der Waals surface area contributed by atoms with Gasteiger partial charge in [-0.3, -0.25) is 4.79 Å². The first kappa shape index (κ1) is 19.3. The number of amides is 1. The van der Waals surface area contributed by atoms with E-state index in [-0.39, 0.29) is 5.91 Å². The topological polar surface area (TPSA) is 66.9 Å². The highest BCUT2D eigenvalue weighted by atomic mass is 16.1. The number of aryl methyl sites for hydroxylation is 1. The van der Waals surface area contributed by atoms with E-state index >= 15 is 0 Å². The molecule has 1 heterocycles. The summed E-state index contributed by atoms with van der Waals surface area (Å²) in [5.74, 6) is 0.549. The molecule has 0 atom stereocenters. The lowest BCUT2D eigenvalue weighted by Crippen LogP contribution is -2.22. The zero-order chi connectivity index (χ0) is 20.8. The summed E-state index contributed by atoms with van der Waals surface area (Å²) in [5, 5.41) is 6.21. The summed E-state index contributed by atoms with van der Waals surface area (Å²) >= 11 is 0. The van der Waals surface area contributed by atoms with E-state index in [4.69, 9.17) is 0 Å². The Morgan fingerprint density at radius 2 is 1.67 bits per heavy atom. The smallest absolute Gasteiger partial charge is 0.251 e. The van der Waals surface area contributed by atoms with Gasteiger partial charge in [-0.2, -0.15) is 0 Å². The Labute approximate surface area is 175 Å². The summed E-state index contributed by atoms with van der Waals surface area (Å²) in [5.41, 5.74) is 5.50. The molecule has 1 aromatic heterocycles. The minimum Gasteiger partial charge on any atom is -0.348 e. The number of benzene rings is 3. The molecule has 5 heteroatoms. The van der Waals surface area contributed by atoms with Crippen molar-refractivity contribution in [3.8, 4) is 11.3 Å². The minimum atomic E-state index is -0.120. The summed E-state index contributed by atoms with van der Waals surface area (Å²) in [6.07, 6.45) is 1.54. The molecule has 1 amide bonds. The van der Waals surface area contributed by atoms with Gasteiger partial charge in [-0.1, -0.05) is 66.2 Å². The third kappa shape index (κ3) is 4.89. The molecule has 5 nitrogen and oxygen atoms in total. The van der Waals surface area contributed by atoms with Crippen molar-refractivity contribution in [1.82, 2.24) is 15.3 Å². The van der Waals surface area contributed by atoms with Gasteiger partial charge in [0.05, 0.1) is 5.69 Å². The molecule has 148 valence electrons. The fourth-order valence-electron chi connectivity index (χ4n) is 3.07. The number of hydrogen-bond acceptors (Lipinski definition) is 4. The van der Waals surface area contributed by atoms with Gasteiger partial charge >= 0.3 is 0 Å². The standard InChI is InChI=1S/C25H22N4O/c1-18-10-12-20(13-11-18)23-15-24(28-17-27-23)29-22-9-5-8-21(14-22)25(30)26-16-19-6-3-2-4-7-19/h2-15,17H,16H2,1H3,(H,26,30)(H,27,28,29). The van der Waals surface area contributed by atoms with Crippen LogP contribution in [0.1, 0.15) is 21.5 Å². The Hall–Kier alpha value is -3.99. The van der Waals surface area contributed by atoms with Crippen LogP contribution in [0.25, 0.3) is 11.3 Å². The van der Waals surface area contributed by atoms with Crippen LogP contribution in [0.15, 0.2) is 91.3 Å². The number of anilines is 2. The first-order valence-electron chi connectivity index (χ1n) is 9.76. The quantitative estimate of drug-likeness (QED) is 0.476. The molecule has 0 bridgehead atoms. The maximum Gasteiger partial charge on any atom is 0.251 e. The number of hydrogen-bond donors (Lipinski definition) is 2. The maximum absolute atomic E-state index is 12.5. The van der Waals surface area contributed by atoms with Gasteiger partial charge in [-0.05, 0) is 30.7 Å². The Kier molecular flexibility index (Phi) is 5.80. The highest BCUT2D eigenvalue weighted by molar-refractivity contribution is 5.95. The van der Waals surface area contributed by atoms with Crippen LogP contribution >= 0.6 is 0 Å². The van der Waals surface area contributed by atoms with Crippen molar-refractivity contribution >= 4 is 17.4 Å². The van der Waals surface area contributed by atoms with Crippen LogP contribution < -0.4 is 10.6 Å². The van der Waals surface area contributed by atoms with E-state index in [0.29, 0.717) is 17.9 Å². The molecule has 0 saturated heterocycles. The highest BCUT2D eigenvalue weighted by Gasteiger charge is 2.07. The predicted octanol–water partition coefficient (Wildman–Crippen LogP) is 5.13. The summed E-state index contributed by atoms with van der Waals surface area (Å²) in [6, 6.07) is 27.3. The molecular weight excluding hydrogens is 372 g/mol. The van der Waals surface area contributed by atoms with Crippen LogP contribution in [0.5, 0.6) is 0 Å². The van der Waals surface area contributed by atoms with Crippen molar-refractivity contribution < 1.29 is 4.79 Å². The molecule has 0 spiro atoms. The van der Waals surface area contributed by atoms with Crippen LogP contribution in [-0.2, 0) is 6.54 Å². The van der Waals surface area contributed by atoms with Gasteiger partial charge < -0.3 is 10.6 Å². The van der Waals surface area contributed by atoms with E-state index in [1.807, 2.05) is 66.7 Å². The van der Waals surface area contributed by atoms with E-state index in [1.165, 1.54) is 11.9 Å². The van der Waals surface area contributed by atoms with Gasteiger partial charge in [0.1, 0.15) is 12.1 Å². The van der Waals surface area contributed by atoms with Crippen molar-refractivity contribution in [2.45, 2.75) is 13.5 Å². The second-order valence-corrected chi connectivity index (χ2v) is 7.03. The second kappa shape index (κ2) is 9.01. The maximum atomic E-state index is 12.5. The SMILES string of the molecule is Cc1ccc(-c2cc(Nc3cccc(C(=O)NCc4ccccc4)c3)ncn2)cc1. The molecule has 30 heavy (non-hydrogen) atoms. The molecule has 4 rings (SSSR count). The highest BCUT2D eigenvalue weighted by Crippen LogP contribution is 2.22. The van der Waals surface area contributed by atoms with Crippen molar-refractivity contribution in [3.05, 3.63) is 108 Å². The number of nitrogens with zero attached hydrogens (tertiary/aromatic N) is 2. The van der Waals surface area contributed by atoms with Crippen LogP contribution in [0.2, 0.25) is 0 Å². The van der Waals surface area contributed by atoms with Gasteiger partial charge in [0.15, 0.2) is 0 Å². The van der Waals surface area contributed by atoms with Crippen molar-refractivity contribution in [2.24, 2.45) is 0 Å². The van der Waals surface area contributed by atoms with Gasteiger partial charge in [0.25, 0.3) is 5.91 Å². The second-order valence-electron chi connectivity index (χ2n) is 7.03. The Balaban J connectivity index is 1.46. The molecular formula is C25H22N4O. The number of carbonyl (C=O) groups excluding carboxylic acids is 1. The third-order valence-electron chi connectivity index (χ3n) is 4.71. The van der Waals surface area contributed by atoms with Crippen LogP contribution in [0.3, 0.4) is 0 Å². The normalized spacial score (nSPS) is 10.4. The fourth-order valence-corrected chi connectivity index (χ4v) is 3.07. The Morgan fingerprint density at radius 1 is 0.867 bits per heavy atom. The molecule has 0 unspecified atom stereocenters. The molecule has 0 fully saturated rings. The van der Waals surface area contributed by atoms with Crippen LogP contribution in [0, 0.1) is 6.92 Å². The lowest BCUT2D eigenvalue weighted by atomic mass is 10.1. The average molecular weight is 394 g/mol. The number of carbonyl (C=O) groups is 1. The summed E-state index contributed by atoms with van der Waals surface area (Å²) in [7, 11) is 0. The largest absolute Gasteiger partial charge is 0.348 e. The third-order valence-corrected chi connectivity index (χ3v) is 4.71. The van der Waals surface area contributed by atoms with E-state index in [1.54, 1.807) is 6.07 Å². The molecule has 3 aromatic carbocycles. The summed E-state index contributed by atoms with van der Waals surface area (Å²) < 4.78 is 0. The molecule has 0 saturated carbocycles. The first-order chi connectivity index (χ1) is 14.7. The predicted molar refractivity (Wildman–Crippen MR) is 120 cm³/mol. The molecule has 0 radical (unpaired) electrons. The fraction of sp³-hybridized carbons (Fsp3) is 0.0800. The van der Waals surface area contributed by atoms with Crippen molar-refractivity contribution in [2.75, 3.05) is 5.32 Å². The monoisotopic (exact) mass is 394 g/mol. The molecule has 0 aliphatic carbocycles. The zero-order valence-corrected chi connectivity index (χ0v) is 16.7. The summed E-state index contributed by atoms with van der Waals surface area (Å²) in [6.45, 7) is 2.54. The minimum absolute atomic E-state index is 0.120. The Morgan fingerprint density at radius 3 is 2.47 bits per heavy atom. The van der Waals surface area contributed by atoms with E-state index in [0.717, 1.165) is 22.5 Å². The van der Waals surface area contributed by atoms with E-state index in [2.05, 4.69) is 39.7 Å². The van der Waals surface area contributed by atoms with Gasteiger partial charge in [0, 0.05) is 29.4 Å². The van der Waals surface area contributed by atoms with Gasteiger partial charge in [-0.25, -0.2) is 9.97 Å². The van der Waals surface area contributed by atoms with Crippen LogP contribution in [0.4, 0.5) is 11.5 Å². The van der Waals surface area contributed by atoms with Gasteiger partial charge in [-0.15, -0.1) is 0 Å². The average Bonchev–Trinajstić information content (AvgIpc) is 2.79. The van der Waals surface area contributed by atoms with Crippen molar-refractivity contribution in [1.29, 1.82) is 0 Å². The molecule has 0 aliphatic rings. The Bertz CT molecular complexity index is 1140. The number of rotatable bonds is 6. The number of aromatic nitrogens is 2. The number of nitrogens with one attached hydrogen (secondary N) is 2.